The summed E-state index contributed by atoms with van der Waals surface area (Å²) in [6.07, 6.45) is 0. The number of carbonyl (C=O) groups is 2. The van der Waals surface area contributed by atoms with Gasteiger partial charge in [0.15, 0.2) is 0 Å². The van der Waals surface area contributed by atoms with Gasteiger partial charge in [-0.05, 0) is 24.3 Å². The lowest BCUT2D eigenvalue weighted by Crippen LogP contribution is -2.15. The molecule has 0 radical (unpaired) electrons. The van der Waals surface area contributed by atoms with Gasteiger partial charge in [0, 0.05) is 18.2 Å². The first-order chi connectivity index (χ1) is 12.2. The van der Waals surface area contributed by atoms with Gasteiger partial charge in [0.2, 0.25) is 0 Å². The Bertz CT molecular complexity index is 912. The second kappa shape index (κ2) is 7.89. The summed E-state index contributed by atoms with van der Waals surface area (Å²) < 4.78 is 4.80. The highest BCUT2D eigenvalue weighted by atomic mass is 35.5. The van der Waals surface area contributed by atoms with Crippen molar-refractivity contribution >= 4 is 50.5 Å². The van der Waals surface area contributed by atoms with Gasteiger partial charge in [-0.25, -0.2) is 4.79 Å². The van der Waals surface area contributed by atoms with Gasteiger partial charge in [-0.2, -0.15) is 0 Å². The molecule has 0 spiro atoms. The topological polar surface area (TPSA) is 142 Å². The summed E-state index contributed by atoms with van der Waals surface area (Å²) in [5, 5.41) is 23.5. The number of ether oxygens (including phenoxy) is 1. The van der Waals surface area contributed by atoms with Crippen LogP contribution in [-0.4, -0.2) is 28.3 Å². The van der Waals surface area contributed by atoms with E-state index in [1.807, 2.05) is 0 Å². The molecule has 0 unspecified atom stereocenters. The monoisotopic (exact) mass is 399 g/mol. The van der Waals surface area contributed by atoms with Crippen LogP contribution in [0.15, 0.2) is 24.3 Å². The Labute approximate surface area is 154 Å². The molecule has 2 rings (SSSR count). The first-order valence-corrected chi connectivity index (χ1v) is 8.14. The fourth-order valence-corrected chi connectivity index (χ4v) is 2.95. The van der Waals surface area contributed by atoms with E-state index in [0.29, 0.717) is 11.3 Å². The van der Waals surface area contributed by atoms with Crippen LogP contribution in [0, 0.1) is 20.2 Å². The first kappa shape index (κ1) is 19.3. The third-order valence-corrected chi connectivity index (χ3v) is 4.36. The molecule has 0 fully saturated rings. The number of hydrogen-bond acceptors (Lipinski definition) is 8. The molecule has 1 aromatic carbocycles. The van der Waals surface area contributed by atoms with E-state index in [1.165, 1.54) is 6.07 Å². The van der Waals surface area contributed by atoms with Crippen LogP contribution in [0.1, 0.15) is 27.6 Å². The number of benzene rings is 1. The van der Waals surface area contributed by atoms with Gasteiger partial charge < -0.3 is 10.1 Å². The summed E-state index contributed by atoms with van der Waals surface area (Å²) in [6.45, 7) is 1.59. The average molecular weight is 400 g/mol. The number of hydrogen-bond donors (Lipinski definition) is 1. The maximum Gasteiger partial charge on any atom is 0.341 e. The van der Waals surface area contributed by atoms with Crippen LogP contribution in [0.4, 0.5) is 15.7 Å². The number of non-ortho nitro benzene ring substituents is 1. The number of thiophene rings is 1. The van der Waals surface area contributed by atoms with Crippen LogP contribution in [0.25, 0.3) is 0 Å². The Hall–Kier alpha value is -3.05. The molecule has 0 aliphatic heterocycles. The fraction of sp³-hybridized carbons (Fsp3) is 0.143. The van der Waals surface area contributed by atoms with Crippen molar-refractivity contribution in [1.82, 2.24) is 0 Å². The summed E-state index contributed by atoms with van der Waals surface area (Å²) in [7, 11) is 0. The third kappa shape index (κ3) is 4.13. The maximum atomic E-state index is 12.4. The zero-order valence-corrected chi connectivity index (χ0v) is 14.6. The molecule has 12 heteroatoms. The number of nitro benzene ring substituents is 1. The quantitative estimate of drug-likeness (QED) is 0.443. The summed E-state index contributed by atoms with van der Waals surface area (Å²) >= 11 is 6.44. The van der Waals surface area contributed by atoms with E-state index in [9.17, 15) is 29.8 Å². The zero-order valence-electron chi connectivity index (χ0n) is 13.1. The van der Waals surface area contributed by atoms with E-state index in [4.69, 9.17) is 16.3 Å². The third-order valence-electron chi connectivity index (χ3n) is 3.03. The van der Waals surface area contributed by atoms with Crippen molar-refractivity contribution in [3.8, 4) is 0 Å². The predicted molar refractivity (Wildman–Crippen MR) is 93.0 cm³/mol. The standard InChI is InChI=1S/C14H10ClN3O7S/c1-2-25-14(20)9-6-11(18(23)24)26-13(9)16-12(19)8-5-7(17(21)22)3-4-10(8)15/h3-6H,2H2,1H3,(H,16,19). The van der Waals surface area contributed by atoms with Gasteiger partial charge in [0.25, 0.3) is 11.6 Å². The van der Waals surface area contributed by atoms with Crippen LogP contribution < -0.4 is 5.32 Å². The number of carbonyl (C=O) groups excluding carboxylic acids is 2. The van der Waals surface area contributed by atoms with Crippen LogP contribution in [0.5, 0.6) is 0 Å². The number of esters is 1. The van der Waals surface area contributed by atoms with Gasteiger partial charge in [-0.1, -0.05) is 11.6 Å². The van der Waals surface area contributed by atoms with Crippen molar-refractivity contribution in [2.45, 2.75) is 6.92 Å². The second-order valence-electron chi connectivity index (χ2n) is 4.68. The normalized spacial score (nSPS) is 10.2. The molecule has 136 valence electrons. The molecule has 1 N–H and O–H groups in total. The van der Waals surface area contributed by atoms with E-state index >= 15 is 0 Å². The minimum absolute atomic E-state index is 0.0343. The van der Waals surface area contributed by atoms with E-state index in [0.717, 1.165) is 18.2 Å². The molecule has 0 aliphatic rings. The summed E-state index contributed by atoms with van der Waals surface area (Å²) in [4.78, 5) is 44.7. The number of amides is 1. The Balaban J connectivity index is 2.40. The molecule has 0 atom stereocenters. The van der Waals surface area contributed by atoms with Crippen LogP contribution in [0.3, 0.4) is 0 Å². The molecule has 10 nitrogen and oxygen atoms in total. The molecule has 0 saturated heterocycles. The van der Waals surface area contributed by atoms with E-state index in [-0.39, 0.29) is 38.4 Å². The van der Waals surface area contributed by atoms with E-state index in [1.54, 1.807) is 6.92 Å². The van der Waals surface area contributed by atoms with Gasteiger partial charge in [0.05, 0.1) is 27.0 Å². The first-order valence-electron chi connectivity index (χ1n) is 6.95. The van der Waals surface area contributed by atoms with Crippen LogP contribution in [0.2, 0.25) is 5.02 Å². The molecule has 1 aromatic heterocycles. The number of rotatable bonds is 6. The SMILES string of the molecule is CCOC(=O)c1cc([N+](=O)[O-])sc1NC(=O)c1cc([N+](=O)[O-])ccc1Cl. The van der Waals surface area contributed by atoms with Gasteiger partial charge >= 0.3 is 11.0 Å². The zero-order chi connectivity index (χ0) is 19.4. The Morgan fingerprint density at radius 1 is 1.19 bits per heavy atom. The largest absolute Gasteiger partial charge is 0.462 e. The highest BCUT2D eigenvalue weighted by Crippen LogP contribution is 2.35. The van der Waals surface area contributed by atoms with Crippen molar-refractivity contribution in [2.24, 2.45) is 0 Å². The lowest BCUT2D eigenvalue weighted by Gasteiger charge is -2.07. The Kier molecular flexibility index (Phi) is 5.85. The van der Waals surface area contributed by atoms with Gasteiger partial charge in [0.1, 0.15) is 10.6 Å². The molecule has 2 aromatic rings. The number of nitrogens with one attached hydrogen (secondary N) is 1. The molecular formula is C14H10ClN3O7S. The Morgan fingerprint density at radius 2 is 1.88 bits per heavy atom. The second-order valence-corrected chi connectivity index (χ2v) is 6.12. The number of nitro groups is 2. The molecular weight excluding hydrogens is 390 g/mol. The molecule has 1 amide bonds. The molecule has 26 heavy (non-hydrogen) atoms. The van der Waals surface area contributed by atoms with Crippen molar-refractivity contribution in [3.63, 3.8) is 0 Å². The van der Waals surface area contributed by atoms with Crippen LogP contribution >= 0.6 is 22.9 Å². The van der Waals surface area contributed by atoms with Crippen LogP contribution in [-0.2, 0) is 4.74 Å². The average Bonchev–Trinajstić information content (AvgIpc) is 2.99. The van der Waals surface area contributed by atoms with Crippen molar-refractivity contribution in [3.05, 3.63) is 60.6 Å². The number of anilines is 1. The lowest BCUT2D eigenvalue weighted by molar-refractivity contribution is -0.384. The van der Waals surface area contributed by atoms with Gasteiger partial charge in [-0.15, -0.1) is 0 Å². The minimum Gasteiger partial charge on any atom is -0.462 e. The highest BCUT2D eigenvalue weighted by Gasteiger charge is 2.25. The van der Waals surface area contributed by atoms with Crippen molar-refractivity contribution in [2.75, 3.05) is 11.9 Å². The minimum atomic E-state index is -0.860. The number of halogens is 1. The van der Waals surface area contributed by atoms with Crippen molar-refractivity contribution in [1.29, 1.82) is 0 Å². The molecule has 0 aliphatic carbocycles. The molecule has 0 bridgehead atoms. The maximum absolute atomic E-state index is 12.4. The smallest absolute Gasteiger partial charge is 0.341 e. The fourth-order valence-electron chi connectivity index (χ4n) is 1.89. The van der Waals surface area contributed by atoms with Crippen molar-refractivity contribution < 1.29 is 24.2 Å². The van der Waals surface area contributed by atoms with Gasteiger partial charge in [-0.3, -0.25) is 25.0 Å². The lowest BCUT2D eigenvalue weighted by atomic mass is 10.2. The molecule has 0 saturated carbocycles. The number of nitrogens with zero attached hydrogens (tertiary/aromatic N) is 2. The summed E-state index contributed by atoms with van der Waals surface area (Å²) in [5.41, 5.74) is -0.771. The van der Waals surface area contributed by atoms with E-state index < -0.39 is 21.7 Å². The Morgan fingerprint density at radius 3 is 2.46 bits per heavy atom. The summed E-state index contributed by atoms with van der Waals surface area (Å²) in [6, 6.07) is 4.24. The predicted octanol–water partition coefficient (Wildman–Crippen LogP) is 3.65. The highest BCUT2D eigenvalue weighted by molar-refractivity contribution is 7.19. The molecule has 1 heterocycles. The summed E-state index contributed by atoms with van der Waals surface area (Å²) in [5.74, 6) is -1.71. The van der Waals surface area contributed by atoms with E-state index in [2.05, 4.69) is 5.32 Å².